The molecule has 2 unspecified atom stereocenters. The van der Waals surface area contributed by atoms with E-state index in [-0.39, 0.29) is 11.6 Å². The van der Waals surface area contributed by atoms with Crippen molar-refractivity contribution in [2.24, 2.45) is 0 Å². The highest BCUT2D eigenvalue weighted by molar-refractivity contribution is 6.31. The van der Waals surface area contributed by atoms with E-state index in [2.05, 4.69) is 32.2 Å². The average molecular weight is 310 g/mol. The van der Waals surface area contributed by atoms with Gasteiger partial charge in [-0.2, -0.15) is 0 Å². The van der Waals surface area contributed by atoms with Crippen LogP contribution in [0.1, 0.15) is 45.9 Å². The Hall–Kier alpha value is -1.03. The smallest absolute Gasteiger partial charge is 0.134 e. The first kappa shape index (κ1) is 16.3. The highest BCUT2D eigenvalue weighted by atomic mass is 35.5. The maximum Gasteiger partial charge on any atom is 0.134 e. The number of halogens is 1. The summed E-state index contributed by atoms with van der Waals surface area (Å²) in [6.45, 7) is 9.91. The molecule has 4 heteroatoms. The first-order valence-corrected chi connectivity index (χ1v) is 7.98. The number of nitrogens with one attached hydrogen (secondary N) is 1. The van der Waals surface area contributed by atoms with Gasteiger partial charge in [-0.05, 0) is 51.1 Å². The van der Waals surface area contributed by atoms with Crippen molar-refractivity contribution >= 4 is 22.6 Å². The second kappa shape index (κ2) is 6.82. The number of hydrogen-bond acceptors (Lipinski definition) is 3. The average Bonchev–Trinajstić information content (AvgIpc) is 2.87. The van der Waals surface area contributed by atoms with Crippen molar-refractivity contribution in [3.8, 4) is 0 Å². The van der Waals surface area contributed by atoms with Crippen LogP contribution in [0.5, 0.6) is 0 Å². The Kier molecular flexibility index (Phi) is 5.31. The molecule has 0 bridgehead atoms. The Balaban J connectivity index is 2.43. The fourth-order valence-electron chi connectivity index (χ4n) is 2.72. The van der Waals surface area contributed by atoms with Gasteiger partial charge in [-0.15, -0.1) is 0 Å². The van der Waals surface area contributed by atoms with Gasteiger partial charge in [0.15, 0.2) is 0 Å². The summed E-state index contributed by atoms with van der Waals surface area (Å²) >= 11 is 6.05. The molecule has 1 aromatic heterocycles. The van der Waals surface area contributed by atoms with Crippen LogP contribution in [0.2, 0.25) is 5.02 Å². The first-order valence-electron chi connectivity index (χ1n) is 7.60. The van der Waals surface area contributed by atoms with Gasteiger partial charge < -0.3 is 14.5 Å². The summed E-state index contributed by atoms with van der Waals surface area (Å²) in [5.41, 5.74) is 0.551. The maximum absolute atomic E-state index is 6.05. The van der Waals surface area contributed by atoms with Crippen LogP contribution in [-0.4, -0.2) is 18.8 Å². The Morgan fingerprint density at radius 2 is 2.05 bits per heavy atom. The van der Waals surface area contributed by atoms with Gasteiger partial charge in [-0.1, -0.05) is 25.4 Å². The first-order chi connectivity index (χ1) is 10.0. The van der Waals surface area contributed by atoms with Crippen molar-refractivity contribution in [1.82, 2.24) is 5.32 Å². The van der Waals surface area contributed by atoms with Crippen LogP contribution < -0.4 is 5.32 Å². The van der Waals surface area contributed by atoms with Gasteiger partial charge in [0.2, 0.25) is 0 Å². The molecule has 0 saturated carbocycles. The molecule has 0 saturated heterocycles. The molecule has 0 aliphatic heterocycles. The van der Waals surface area contributed by atoms with Gasteiger partial charge in [0.1, 0.15) is 11.3 Å². The number of likely N-dealkylation sites (N-methyl/N-ethyl adjacent to an activating group) is 1. The van der Waals surface area contributed by atoms with Gasteiger partial charge in [-0.3, -0.25) is 0 Å². The van der Waals surface area contributed by atoms with E-state index in [1.54, 1.807) is 0 Å². The molecule has 3 nitrogen and oxygen atoms in total. The summed E-state index contributed by atoms with van der Waals surface area (Å²) in [5.74, 6) is 0.895. The Morgan fingerprint density at radius 1 is 1.29 bits per heavy atom. The lowest BCUT2D eigenvalue weighted by Gasteiger charge is -2.36. The molecular formula is C17H24ClNO2. The maximum atomic E-state index is 6.05. The lowest BCUT2D eigenvalue weighted by molar-refractivity contribution is -0.0602. The monoisotopic (exact) mass is 309 g/mol. The fourth-order valence-corrected chi connectivity index (χ4v) is 2.90. The third kappa shape index (κ3) is 3.42. The Morgan fingerprint density at radius 3 is 2.67 bits per heavy atom. The van der Waals surface area contributed by atoms with Gasteiger partial charge in [0, 0.05) is 17.0 Å². The summed E-state index contributed by atoms with van der Waals surface area (Å²) in [6, 6.07) is 7.76. The zero-order valence-electron chi connectivity index (χ0n) is 13.2. The molecule has 0 aliphatic carbocycles. The molecule has 1 aromatic carbocycles. The summed E-state index contributed by atoms with van der Waals surface area (Å²) in [6.07, 6.45) is 0.899. The van der Waals surface area contributed by atoms with E-state index in [0.717, 1.165) is 34.7 Å². The second-order valence-electron chi connectivity index (χ2n) is 5.42. The molecule has 116 valence electrons. The SMILES string of the molecule is CCNC(c1cc2cc(Cl)ccc2o1)C(C)(CC)OCC. The minimum atomic E-state index is -0.303. The van der Waals surface area contributed by atoms with E-state index in [9.17, 15) is 0 Å². The zero-order valence-corrected chi connectivity index (χ0v) is 14.0. The molecule has 0 aliphatic rings. The highest BCUT2D eigenvalue weighted by Crippen LogP contribution is 2.35. The van der Waals surface area contributed by atoms with Gasteiger partial charge in [0.25, 0.3) is 0 Å². The standard InChI is InChI=1S/C17H24ClNO2/c1-5-17(4,20-7-3)16(19-6-2)15-11-12-10-13(18)8-9-14(12)21-15/h8-11,16,19H,5-7H2,1-4H3. The summed E-state index contributed by atoms with van der Waals surface area (Å²) in [7, 11) is 0. The normalized spacial score (nSPS) is 16.0. The number of rotatable bonds is 7. The molecule has 0 radical (unpaired) electrons. The fraction of sp³-hybridized carbons (Fsp3) is 0.529. The van der Waals surface area contributed by atoms with Crippen molar-refractivity contribution < 1.29 is 9.15 Å². The predicted molar refractivity (Wildman–Crippen MR) is 88.0 cm³/mol. The van der Waals surface area contributed by atoms with Crippen LogP contribution in [0.15, 0.2) is 28.7 Å². The molecule has 1 heterocycles. The van der Waals surface area contributed by atoms with Crippen molar-refractivity contribution in [3.63, 3.8) is 0 Å². The van der Waals surface area contributed by atoms with E-state index in [1.165, 1.54) is 0 Å². The van der Waals surface area contributed by atoms with E-state index < -0.39 is 0 Å². The largest absolute Gasteiger partial charge is 0.459 e. The third-order valence-electron chi connectivity index (χ3n) is 3.98. The molecule has 2 rings (SSSR count). The number of hydrogen-bond donors (Lipinski definition) is 1. The van der Waals surface area contributed by atoms with E-state index in [1.807, 2.05) is 25.1 Å². The molecule has 1 N–H and O–H groups in total. The highest BCUT2D eigenvalue weighted by Gasteiger charge is 2.36. The zero-order chi connectivity index (χ0) is 15.5. The lowest BCUT2D eigenvalue weighted by atomic mass is 9.91. The van der Waals surface area contributed by atoms with E-state index in [0.29, 0.717) is 6.61 Å². The molecule has 0 amide bonds. The van der Waals surface area contributed by atoms with Crippen LogP contribution in [-0.2, 0) is 4.74 Å². The number of benzene rings is 1. The van der Waals surface area contributed by atoms with E-state index >= 15 is 0 Å². The van der Waals surface area contributed by atoms with Gasteiger partial charge >= 0.3 is 0 Å². The molecule has 2 aromatic rings. The molecular weight excluding hydrogens is 286 g/mol. The quantitative estimate of drug-likeness (QED) is 0.786. The Labute approximate surface area is 131 Å². The predicted octanol–water partition coefficient (Wildman–Crippen LogP) is 4.94. The Bertz CT molecular complexity index is 595. The van der Waals surface area contributed by atoms with Crippen LogP contribution in [0.4, 0.5) is 0 Å². The number of fused-ring (bicyclic) bond motifs is 1. The van der Waals surface area contributed by atoms with Crippen LogP contribution in [0, 0.1) is 0 Å². The third-order valence-corrected chi connectivity index (χ3v) is 4.21. The van der Waals surface area contributed by atoms with Crippen molar-refractivity contribution in [3.05, 3.63) is 35.0 Å². The van der Waals surface area contributed by atoms with Crippen LogP contribution >= 0.6 is 11.6 Å². The summed E-state index contributed by atoms with van der Waals surface area (Å²) < 4.78 is 12.0. The molecule has 21 heavy (non-hydrogen) atoms. The molecule has 0 fully saturated rings. The van der Waals surface area contributed by atoms with Gasteiger partial charge in [0.05, 0.1) is 11.6 Å². The number of ether oxygens (including phenoxy) is 1. The van der Waals surface area contributed by atoms with Gasteiger partial charge in [-0.25, -0.2) is 0 Å². The number of furan rings is 1. The summed E-state index contributed by atoms with van der Waals surface area (Å²) in [4.78, 5) is 0. The minimum absolute atomic E-state index is 0.0126. The van der Waals surface area contributed by atoms with Crippen molar-refractivity contribution in [2.75, 3.05) is 13.2 Å². The molecule has 0 spiro atoms. The topological polar surface area (TPSA) is 34.4 Å². The van der Waals surface area contributed by atoms with Crippen LogP contribution in [0.3, 0.4) is 0 Å². The van der Waals surface area contributed by atoms with Crippen molar-refractivity contribution in [2.45, 2.75) is 45.8 Å². The molecule has 2 atom stereocenters. The lowest BCUT2D eigenvalue weighted by Crippen LogP contribution is -2.43. The van der Waals surface area contributed by atoms with E-state index in [4.69, 9.17) is 20.8 Å². The summed E-state index contributed by atoms with van der Waals surface area (Å²) in [5, 5.41) is 5.24. The minimum Gasteiger partial charge on any atom is -0.459 e. The van der Waals surface area contributed by atoms with Crippen molar-refractivity contribution in [1.29, 1.82) is 0 Å². The van der Waals surface area contributed by atoms with Crippen LogP contribution in [0.25, 0.3) is 11.0 Å². The second-order valence-corrected chi connectivity index (χ2v) is 5.86.